The second-order valence-corrected chi connectivity index (χ2v) is 4.82. The Morgan fingerprint density at radius 1 is 1.44 bits per heavy atom. The van der Waals surface area contributed by atoms with Crippen LogP contribution in [0.15, 0.2) is 29.6 Å². The van der Waals surface area contributed by atoms with Crippen molar-refractivity contribution >= 4 is 11.3 Å². The fraction of sp³-hybridized carbons (Fsp3) is 0.308. The molecule has 0 saturated heterocycles. The third-order valence-corrected chi connectivity index (χ3v) is 3.94. The van der Waals surface area contributed by atoms with Crippen molar-refractivity contribution in [2.45, 2.75) is 19.3 Å². The lowest BCUT2D eigenvalue weighted by molar-refractivity contribution is 0.343. The molecular weight excluding hydrogens is 218 g/mol. The Morgan fingerprint density at radius 2 is 2.31 bits per heavy atom. The summed E-state index contributed by atoms with van der Waals surface area (Å²) in [5.74, 6) is 1.35. The Labute approximate surface area is 98.9 Å². The molecule has 1 atom stereocenters. The van der Waals surface area contributed by atoms with Crippen LogP contribution in [-0.4, -0.2) is 11.6 Å². The first-order chi connectivity index (χ1) is 7.88. The van der Waals surface area contributed by atoms with Crippen LogP contribution in [0.1, 0.15) is 29.1 Å². The molecule has 2 aromatic rings. The second kappa shape index (κ2) is 3.91. The molecule has 3 rings (SSSR count). The van der Waals surface area contributed by atoms with Gasteiger partial charge >= 0.3 is 0 Å². The van der Waals surface area contributed by atoms with Crippen LogP contribution in [0.25, 0.3) is 0 Å². The van der Waals surface area contributed by atoms with E-state index in [9.17, 15) is 0 Å². The predicted octanol–water partition coefficient (Wildman–Crippen LogP) is 3.23. The van der Waals surface area contributed by atoms with E-state index >= 15 is 0 Å². The van der Waals surface area contributed by atoms with Crippen LogP contribution in [0, 0.1) is 0 Å². The number of nitrogens with zero attached hydrogens (tertiary/aromatic N) is 1. The molecule has 0 bridgehead atoms. The van der Waals surface area contributed by atoms with Gasteiger partial charge in [0.2, 0.25) is 0 Å². The number of hydrogen-bond acceptors (Lipinski definition) is 3. The first kappa shape index (κ1) is 9.85. The Morgan fingerprint density at radius 3 is 3.12 bits per heavy atom. The number of ether oxygens (including phenoxy) is 1. The van der Waals surface area contributed by atoms with Crippen LogP contribution in [0.4, 0.5) is 0 Å². The van der Waals surface area contributed by atoms with Crippen LogP contribution in [-0.2, 0) is 6.42 Å². The van der Waals surface area contributed by atoms with Crippen LogP contribution >= 0.6 is 11.3 Å². The van der Waals surface area contributed by atoms with Gasteiger partial charge < -0.3 is 4.74 Å². The molecule has 2 nitrogen and oxygen atoms in total. The molecule has 82 valence electrons. The van der Waals surface area contributed by atoms with E-state index in [2.05, 4.69) is 29.4 Å². The van der Waals surface area contributed by atoms with Crippen LogP contribution < -0.4 is 4.74 Å². The van der Waals surface area contributed by atoms with Crippen molar-refractivity contribution in [3.63, 3.8) is 0 Å². The topological polar surface area (TPSA) is 22.1 Å². The molecule has 1 aromatic carbocycles. The highest BCUT2D eigenvalue weighted by Gasteiger charge is 2.27. The summed E-state index contributed by atoms with van der Waals surface area (Å²) < 4.78 is 5.68. The fourth-order valence-electron chi connectivity index (χ4n) is 2.01. The van der Waals surface area contributed by atoms with E-state index in [0.29, 0.717) is 5.92 Å². The summed E-state index contributed by atoms with van der Waals surface area (Å²) in [6.45, 7) is 2.87. The van der Waals surface area contributed by atoms with E-state index in [1.165, 1.54) is 16.3 Å². The summed E-state index contributed by atoms with van der Waals surface area (Å²) in [6.07, 6.45) is 1.01. The molecule has 1 aromatic heterocycles. The van der Waals surface area contributed by atoms with Gasteiger partial charge in [-0.3, -0.25) is 0 Å². The quantitative estimate of drug-likeness (QED) is 0.791. The lowest BCUT2D eigenvalue weighted by Crippen LogP contribution is -2.02. The van der Waals surface area contributed by atoms with E-state index < -0.39 is 0 Å². The second-order valence-electron chi connectivity index (χ2n) is 3.93. The lowest BCUT2D eigenvalue weighted by atomic mass is 10.0. The zero-order valence-electron chi connectivity index (χ0n) is 9.14. The SMILES string of the molecule is CCc1csc(C2COc3ccccc32)n1. The Kier molecular flexibility index (Phi) is 2.40. The van der Waals surface area contributed by atoms with Crippen LogP contribution in [0.3, 0.4) is 0 Å². The number of benzene rings is 1. The van der Waals surface area contributed by atoms with Gasteiger partial charge in [0.05, 0.1) is 11.6 Å². The number of rotatable bonds is 2. The zero-order valence-corrected chi connectivity index (χ0v) is 9.96. The lowest BCUT2D eigenvalue weighted by Gasteiger charge is -2.03. The highest BCUT2D eigenvalue weighted by atomic mass is 32.1. The normalized spacial score (nSPS) is 18.2. The molecule has 1 unspecified atom stereocenters. The molecule has 16 heavy (non-hydrogen) atoms. The maximum atomic E-state index is 5.68. The third-order valence-electron chi connectivity index (χ3n) is 2.93. The van der Waals surface area contributed by atoms with Gasteiger partial charge in [0.1, 0.15) is 17.4 Å². The highest BCUT2D eigenvalue weighted by molar-refractivity contribution is 7.09. The number of para-hydroxylation sites is 1. The van der Waals surface area contributed by atoms with Crippen molar-refractivity contribution in [2.75, 3.05) is 6.61 Å². The monoisotopic (exact) mass is 231 g/mol. The third kappa shape index (κ3) is 1.52. The molecule has 1 aliphatic rings. The van der Waals surface area contributed by atoms with Crippen LogP contribution in [0.2, 0.25) is 0 Å². The minimum absolute atomic E-state index is 0.335. The van der Waals surface area contributed by atoms with E-state index in [1.807, 2.05) is 12.1 Å². The number of aromatic nitrogens is 1. The first-order valence-corrected chi connectivity index (χ1v) is 6.42. The molecule has 0 spiro atoms. The van der Waals surface area contributed by atoms with Crippen molar-refractivity contribution in [3.05, 3.63) is 45.9 Å². The summed E-state index contributed by atoms with van der Waals surface area (Å²) in [5, 5.41) is 3.33. The molecule has 2 heterocycles. The summed E-state index contributed by atoms with van der Waals surface area (Å²) in [7, 11) is 0. The minimum atomic E-state index is 0.335. The zero-order chi connectivity index (χ0) is 11.0. The molecule has 0 saturated carbocycles. The van der Waals surface area contributed by atoms with Gasteiger partial charge in [0, 0.05) is 10.9 Å². The first-order valence-electron chi connectivity index (χ1n) is 5.54. The summed E-state index contributed by atoms with van der Waals surface area (Å²) in [4.78, 5) is 4.65. The van der Waals surface area contributed by atoms with Gasteiger partial charge in [-0.15, -0.1) is 11.3 Å². The molecule has 1 aliphatic heterocycles. The van der Waals surface area contributed by atoms with Gasteiger partial charge in [-0.25, -0.2) is 4.98 Å². The molecule has 0 radical (unpaired) electrons. The molecule has 0 aliphatic carbocycles. The maximum Gasteiger partial charge on any atom is 0.123 e. The van der Waals surface area contributed by atoms with E-state index in [-0.39, 0.29) is 0 Å². The minimum Gasteiger partial charge on any atom is -0.492 e. The van der Waals surface area contributed by atoms with Crippen LogP contribution in [0.5, 0.6) is 5.75 Å². The Bertz CT molecular complexity index is 506. The smallest absolute Gasteiger partial charge is 0.123 e. The van der Waals surface area contributed by atoms with Gasteiger partial charge in [0.25, 0.3) is 0 Å². The highest BCUT2D eigenvalue weighted by Crippen LogP contribution is 2.38. The van der Waals surface area contributed by atoms with Crippen molar-refractivity contribution < 1.29 is 4.74 Å². The number of thiazole rings is 1. The number of aryl methyl sites for hydroxylation is 1. The van der Waals surface area contributed by atoms with Gasteiger partial charge in [-0.05, 0) is 12.5 Å². The average Bonchev–Trinajstić information content (AvgIpc) is 2.94. The van der Waals surface area contributed by atoms with E-state index in [1.54, 1.807) is 11.3 Å². The number of hydrogen-bond donors (Lipinski definition) is 0. The molecule has 0 N–H and O–H groups in total. The van der Waals surface area contributed by atoms with Crippen molar-refractivity contribution in [3.8, 4) is 5.75 Å². The molecular formula is C13H13NOS. The van der Waals surface area contributed by atoms with Crippen molar-refractivity contribution in [1.29, 1.82) is 0 Å². The van der Waals surface area contributed by atoms with E-state index in [0.717, 1.165) is 18.8 Å². The van der Waals surface area contributed by atoms with Gasteiger partial charge in [-0.1, -0.05) is 25.1 Å². The summed E-state index contributed by atoms with van der Waals surface area (Å²) in [5.41, 5.74) is 2.46. The fourth-order valence-corrected chi connectivity index (χ4v) is 3.02. The Balaban J connectivity index is 1.98. The Hall–Kier alpha value is -1.35. The van der Waals surface area contributed by atoms with Crippen molar-refractivity contribution in [1.82, 2.24) is 4.98 Å². The van der Waals surface area contributed by atoms with Crippen molar-refractivity contribution in [2.24, 2.45) is 0 Å². The predicted molar refractivity (Wildman–Crippen MR) is 65.3 cm³/mol. The summed E-state index contributed by atoms with van der Waals surface area (Å²) in [6, 6.07) is 8.25. The average molecular weight is 231 g/mol. The standard InChI is InChI=1S/C13H13NOS/c1-2-9-8-16-13(14-9)11-7-15-12-6-4-3-5-10(11)12/h3-6,8,11H,2,7H2,1H3. The maximum absolute atomic E-state index is 5.68. The van der Waals surface area contributed by atoms with E-state index in [4.69, 9.17) is 4.74 Å². The molecule has 0 amide bonds. The largest absolute Gasteiger partial charge is 0.492 e. The van der Waals surface area contributed by atoms with Gasteiger partial charge in [0.15, 0.2) is 0 Å². The molecule has 0 fully saturated rings. The summed E-state index contributed by atoms with van der Waals surface area (Å²) >= 11 is 1.74. The molecule has 3 heteroatoms. The number of fused-ring (bicyclic) bond motifs is 1. The van der Waals surface area contributed by atoms with Gasteiger partial charge in [-0.2, -0.15) is 0 Å².